The molecule has 3 aromatic rings. The van der Waals surface area contributed by atoms with Crippen molar-refractivity contribution in [3.8, 4) is 0 Å². The molecular formula is C15H14N2O. The van der Waals surface area contributed by atoms with Crippen molar-refractivity contribution in [2.24, 2.45) is 0 Å². The summed E-state index contributed by atoms with van der Waals surface area (Å²) in [6.07, 6.45) is 1.97. The zero-order valence-electron chi connectivity index (χ0n) is 10.7. The van der Waals surface area contributed by atoms with Gasteiger partial charge in [-0.05, 0) is 55.7 Å². The highest BCUT2D eigenvalue weighted by Crippen LogP contribution is 2.18. The van der Waals surface area contributed by atoms with E-state index >= 15 is 0 Å². The Kier molecular flexibility index (Phi) is 2.23. The van der Waals surface area contributed by atoms with E-state index in [1.165, 1.54) is 0 Å². The molecule has 18 heavy (non-hydrogen) atoms. The minimum Gasteiger partial charge on any atom is -0.301 e. The second kappa shape index (κ2) is 3.67. The van der Waals surface area contributed by atoms with Gasteiger partial charge in [-0.2, -0.15) is 4.98 Å². The van der Waals surface area contributed by atoms with E-state index in [0.717, 1.165) is 22.2 Å². The quantitative estimate of drug-likeness (QED) is 0.564. The van der Waals surface area contributed by atoms with Gasteiger partial charge in [-0.15, -0.1) is 0 Å². The maximum Gasteiger partial charge on any atom is 0.281 e. The third-order valence-electron chi connectivity index (χ3n) is 3.22. The van der Waals surface area contributed by atoms with Gasteiger partial charge in [0, 0.05) is 6.20 Å². The smallest absolute Gasteiger partial charge is 0.281 e. The molecule has 2 heterocycles. The van der Waals surface area contributed by atoms with E-state index in [1.54, 1.807) is 0 Å². The summed E-state index contributed by atoms with van der Waals surface area (Å²) >= 11 is 0. The average Bonchev–Trinajstić information content (AvgIpc) is 2.29. The van der Waals surface area contributed by atoms with Crippen LogP contribution in [0.25, 0.3) is 16.6 Å². The summed E-state index contributed by atoms with van der Waals surface area (Å²) in [6, 6.07) is 7.95. The van der Waals surface area contributed by atoms with Crippen LogP contribution in [-0.2, 0) is 0 Å². The van der Waals surface area contributed by atoms with Gasteiger partial charge in [-0.25, -0.2) is 0 Å². The van der Waals surface area contributed by atoms with Crippen LogP contribution in [0.4, 0.5) is 0 Å². The van der Waals surface area contributed by atoms with E-state index in [-0.39, 0.29) is 5.56 Å². The maximum absolute atomic E-state index is 12.1. The molecule has 3 nitrogen and oxygen atoms in total. The Hall–Kier alpha value is -2.16. The van der Waals surface area contributed by atoms with Crippen LogP contribution in [0.5, 0.6) is 0 Å². The highest BCUT2D eigenvalue weighted by atomic mass is 16.1. The number of nitrogens with zero attached hydrogens (tertiary/aromatic N) is 2. The first-order chi connectivity index (χ1) is 8.56. The van der Waals surface area contributed by atoms with Crippen LogP contribution in [-0.4, -0.2) is 9.38 Å². The van der Waals surface area contributed by atoms with Crippen LogP contribution in [0.3, 0.4) is 0 Å². The Labute approximate surface area is 105 Å². The topological polar surface area (TPSA) is 34.4 Å². The van der Waals surface area contributed by atoms with Gasteiger partial charge in [0.05, 0.1) is 10.9 Å². The van der Waals surface area contributed by atoms with Gasteiger partial charge < -0.3 is 4.40 Å². The van der Waals surface area contributed by atoms with Crippen LogP contribution in [0, 0.1) is 20.8 Å². The largest absolute Gasteiger partial charge is 0.301 e. The molecule has 0 aliphatic rings. The maximum atomic E-state index is 12.1. The number of pyridine rings is 1. The Bertz CT molecular complexity index is 831. The lowest BCUT2D eigenvalue weighted by Crippen LogP contribution is -2.11. The Morgan fingerprint density at radius 2 is 1.83 bits per heavy atom. The van der Waals surface area contributed by atoms with Crippen molar-refractivity contribution in [2.75, 3.05) is 0 Å². The van der Waals surface area contributed by atoms with Crippen LogP contribution in [0.2, 0.25) is 0 Å². The van der Waals surface area contributed by atoms with Crippen LogP contribution in [0.1, 0.15) is 16.7 Å². The predicted molar refractivity (Wildman–Crippen MR) is 73.2 cm³/mol. The molecule has 0 aliphatic heterocycles. The van der Waals surface area contributed by atoms with Crippen molar-refractivity contribution >= 4 is 16.6 Å². The summed E-state index contributed by atoms with van der Waals surface area (Å²) in [6.45, 7) is 6.02. The lowest BCUT2D eigenvalue weighted by Gasteiger charge is -2.09. The molecule has 0 spiro atoms. The normalized spacial score (nSPS) is 11.3. The van der Waals surface area contributed by atoms with E-state index in [4.69, 9.17) is 0 Å². The van der Waals surface area contributed by atoms with Crippen LogP contribution < -0.4 is 5.56 Å². The zero-order valence-corrected chi connectivity index (χ0v) is 10.7. The fourth-order valence-electron chi connectivity index (χ4n) is 2.47. The molecule has 0 atom stereocenters. The molecule has 2 aromatic heterocycles. The minimum atomic E-state index is -0.151. The summed E-state index contributed by atoms with van der Waals surface area (Å²) in [5, 5.41) is 0.689. The number of hydrogen-bond acceptors (Lipinski definition) is 2. The summed E-state index contributed by atoms with van der Waals surface area (Å²) < 4.78 is 1.98. The van der Waals surface area contributed by atoms with Gasteiger partial charge in [0.15, 0.2) is 0 Å². The van der Waals surface area contributed by atoms with Gasteiger partial charge in [-0.1, -0.05) is 6.07 Å². The van der Waals surface area contributed by atoms with Crippen molar-refractivity contribution in [1.29, 1.82) is 0 Å². The van der Waals surface area contributed by atoms with Crippen molar-refractivity contribution in [1.82, 2.24) is 9.38 Å². The van der Waals surface area contributed by atoms with Crippen molar-refractivity contribution in [3.05, 3.63) is 57.5 Å². The fourth-order valence-corrected chi connectivity index (χ4v) is 2.47. The Balaban J connectivity index is 2.65. The predicted octanol–water partition coefficient (Wildman–Crippen LogP) is 2.77. The van der Waals surface area contributed by atoms with E-state index in [9.17, 15) is 4.79 Å². The fraction of sp³-hybridized carbons (Fsp3) is 0.200. The molecule has 0 saturated carbocycles. The third-order valence-corrected chi connectivity index (χ3v) is 3.22. The number of fused-ring (bicyclic) bond motifs is 3. The molecule has 3 rings (SSSR count). The van der Waals surface area contributed by atoms with Crippen LogP contribution in [0.15, 0.2) is 35.3 Å². The Morgan fingerprint density at radius 1 is 1.06 bits per heavy atom. The first-order valence-corrected chi connectivity index (χ1v) is 5.96. The highest BCUT2D eigenvalue weighted by Gasteiger charge is 2.08. The number of benzene rings is 1. The molecule has 0 bridgehead atoms. The average molecular weight is 238 g/mol. The summed E-state index contributed by atoms with van der Waals surface area (Å²) in [4.78, 5) is 16.2. The summed E-state index contributed by atoms with van der Waals surface area (Å²) in [5.41, 5.74) is 4.80. The lowest BCUT2D eigenvalue weighted by molar-refractivity contribution is 1.11. The van der Waals surface area contributed by atoms with Gasteiger partial charge in [0.25, 0.3) is 5.56 Å². The molecule has 0 aliphatic carbocycles. The van der Waals surface area contributed by atoms with E-state index in [2.05, 4.69) is 11.1 Å². The monoisotopic (exact) mass is 238 g/mol. The van der Waals surface area contributed by atoms with Gasteiger partial charge >= 0.3 is 0 Å². The molecule has 0 N–H and O–H groups in total. The van der Waals surface area contributed by atoms with Gasteiger partial charge in [-0.3, -0.25) is 4.79 Å². The molecular weight excluding hydrogens is 224 g/mol. The molecule has 0 unspecified atom stereocenters. The SMILES string of the molecule is Cc1cc(C)c2c(c1)c(=O)nc1cc(C)ccn12. The first kappa shape index (κ1) is 11.0. The molecule has 0 saturated heterocycles. The summed E-state index contributed by atoms with van der Waals surface area (Å²) in [7, 11) is 0. The summed E-state index contributed by atoms with van der Waals surface area (Å²) in [5.74, 6) is 0. The Morgan fingerprint density at radius 3 is 2.61 bits per heavy atom. The number of hydrogen-bond donors (Lipinski definition) is 0. The van der Waals surface area contributed by atoms with Crippen molar-refractivity contribution < 1.29 is 0 Å². The van der Waals surface area contributed by atoms with Gasteiger partial charge in [0.1, 0.15) is 5.65 Å². The van der Waals surface area contributed by atoms with E-state index in [1.807, 2.05) is 49.6 Å². The second-order valence-electron chi connectivity index (χ2n) is 4.83. The van der Waals surface area contributed by atoms with Crippen molar-refractivity contribution in [2.45, 2.75) is 20.8 Å². The van der Waals surface area contributed by atoms with Crippen molar-refractivity contribution in [3.63, 3.8) is 0 Å². The lowest BCUT2D eigenvalue weighted by atomic mass is 10.1. The molecule has 0 radical (unpaired) electrons. The molecule has 90 valence electrons. The number of aryl methyl sites for hydroxylation is 3. The van der Waals surface area contributed by atoms with E-state index < -0.39 is 0 Å². The number of rotatable bonds is 0. The zero-order chi connectivity index (χ0) is 12.9. The molecule has 1 aromatic carbocycles. The highest BCUT2D eigenvalue weighted by molar-refractivity contribution is 5.84. The third kappa shape index (κ3) is 1.51. The molecule has 3 heteroatoms. The minimum absolute atomic E-state index is 0.151. The molecule has 0 fully saturated rings. The van der Waals surface area contributed by atoms with Crippen LogP contribution >= 0.6 is 0 Å². The van der Waals surface area contributed by atoms with E-state index in [0.29, 0.717) is 11.0 Å². The second-order valence-corrected chi connectivity index (χ2v) is 4.83. The number of aromatic nitrogens is 2. The standard InChI is InChI=1S/C15H14N2O/c1-9-4-5-17-13(8-9)16-15(18)12-7-10(2)6-11(3)14(12)17/h4-8H,1-3H3. The first-order valence-electron chi connectivity index (χ1n) is 5.96. The van der Waals surface area contributed by atoms with Gasteiger partial charge in [0.2, 0.25) is 0 Å². The molecule has 0 amide bonds.